The summed E-state index contributed by atoms with van der Waals surface area (Å²) in [5.74, 6) is -3.45. The second-order valence-electron chi connectivity index (χ2n) is 6.81. The number of hydrogen-bond acceptors (Lipinski definition) is 3. The van der Waals surface area contributed by atoms with Crippen LogP contribution in [0.4, 0.5) is 0 Å². The van der Waals surface area contributed by atoms with Gasteiger partial charge >= 0.3 is 5.97 Å². The number of carboxylic acid groups (broad SMARTS) is 1. The number of hydrogen-bond donors (Lipinski definition) is 3. The van der Waals surface area contributed by atoms with E-state index in [0.717, 1.165) is 10.8 Å². The van der Waals surface area contributed by atoms with E-state index in [1.165, 1.54) is 0 Å². The molecule has 0 radical (unpaired) electrons. The highest BCUT2D eigenvalue weighted by Crippen LogP contribution is 2.48. The van der Waals surface area contributed by atoms with Crippen LogP contribution in [0.3, 0.4) is 0 Å². The monoisotopic (exact) mass is 350 g/mol. The first-order valence-electron chi connectivity index (χ1n) is 8.55. The molecule has 0 aromatic heterocycles. The lowest BCUT2D eigenvalue weighted by molar-refractivity contribution is -0.148. The Kier molecular flexibility index (Phi) is 3.95. The lowest BCUT2D eigenvalue weighted by Crippen LogP contribution is -2.48. The van der Waals surface area contributed by atoms with Gasteiger partial charge in [0.25, 0.3) is 5.91 Å². The molecule has 0 heterocycles. The first-order valence-corrected chi connectivity index (χ1v) is 8.55. The minimum Gasteiger partial charge on any atom is -0.481 e. The van der Waals surface area contributed by atoms with Crippen LogP contribution in [0.15, 0.2) is 54.6 Å². The Labute approximate surface area is 149 Å². The lowest BCUT2D eigenvalue weighted by Gasteiger charge is -2.23. The minimum absolute atomic E-state index is 0.0874. The highest BCUT2D eigenvalue weighted by Gasteiger charge is 2.51. The third-order valence-corrected chi connectivity index (χ3v) is 5.38. The van der Waals surface area contributed by atoms with Gasteiger partial charge in [-0.05, 0) is 35.1 Å². The molecule has 1 saturated carbocycles. The van der Waals surface area contributed by atoms with Gasteiger partial charge in [0.1, 0.15) is 0 Å². The molecule has 2 bridgehead atoms. The fraction of sp³-hybridized carbons (Fsp3) is 0.250. The van der Waals surface area contributed by atoms with Crippen molar-refractivity contribution in [3.63, 3.8) is 0 Å². The fourth-order valence-electron chi connectivity index (χ4n) is 4.21. The molecule has 3 N–H and O–H groups in total. The summed E-state index contributed by atoms with van der Waals surface area (Å²) in [7, 11) is 0. The molecule has 4 rings (SSSR count). The summed E-state index contributed by atoms with van der Waals surface area (Å²) in [6, 6.07) is 12.8. The van der Waals surface area contributed by atoms with E-state index in [1.807, 2.05) is 42.5 Å². The Bertz CT molecular complexity index is 931. The molecule has 6 nitrogen and oxygen atoms in total. The van der Waals surface area contributed by atoms with Gasteiger partial charge < -0.3 is 5.11 Å². The number of carboxylic acids is 1. The zero-order valence-corrected chi connectivity index (χ0v) is 13.9. The highest BCUT2D eigenvalue weighted by molar-refractivity contribution is 6.07. The third kappa shape index (κ3) is 2.63. The summed E-state index contributed by atoms with van der Waals surface area (Å²) in [4.78, 5) is 36.5. The smallest absolute Gasteiger partial charge is 0.307 e. The van der Waals surface area contributed by atoms with Gasteiger partial charge in [0.2, 0.25) is 5.91 Å². The Morgan fingerprint density at radius 3 is 2.35 bits per heavy atom. The van der Waals surface area contributed by atoms with Crippen molar-refractivity contribution in [3.05, 3.63) is 60.2 Å². The predicted molar refractivity (Wildman–Crippen MR) is 94.9 cm³/mol. The average Bonchev–Trinajstić information content (AvgIpc) is 3.26. The summed E-state index contributed by atoms with van der Waals surface area (Å²) in [6.45, 7) is 0. The molecule has 2 aliphatic rings. The standard InChI is InChI=1S/C20H18N2O4/c23-18(15-7-3-5-11-4-1-2-6-14(11)15)21-22-19(24)16-12-8-9-13(10-12)17(16)20(25)26/h1-9,12-13,16-17H,10H2,(H,21,23)(H,22,24)(H,25,26)/t12-,13-,16-,17-/m0/s1. The molecule has 2 aromatic rings. The van der Waals surface area contributed by atoms with E-state index in [9.17, 15) is 19.5 Å². The number of nitrogens with one attached hydrogen (secondary N) is 2. The number of fused-ring (bicyclic) bond motifs is 3. The van der Waals surface area contributed by atoms with Gasteiger partial charge in [0, 0.05) is 5.56 Å². The maximum absolute atomic E-state index is 12.5. The summed E-state index contributed by atoms with van der Waals surface area (Å²) in [5, 5.41) is 11.1. The van der Waals surface area contributed by atoms with Gasteiger partial charge in [0.05, 0.1) is 11.8 Å². The van der Waals surface area contributed by atoms with Crippen molar-refractivity contribution in [3.8, 4) is 0 Å². The normalized spacial score (nSPS) is 26.0. The predicted octanol–water partition coefficient (Wildman–Crippen LogP) is 2.12. The van der Waals surface area contributed by atoms with E-state index in [-0.39, 0.29) is 11.8 Å². The SMILES string of the molecule is O=C(NNC(=O)[C@@H]1[C@@H](C(=O)O)[C@H]2C=C[C@H]1C2)c1cccc2ccccc12. The van der Waals surface area contributed by atoms with Crippen LogP contribution >= 0.6 is 0 Å². The van der Waals surface area contributed by atoms with Gasteiger partial charge in [-0.1, -0.05) is 48.6 Å². The van der Waals surface area contributed by atoms with Gasteiger partial charge in [-0.15, -0.1) is 0 Å². The first-order chi connectivity index (χ1) is 12.6. The highest BCUT2D eigenvalue weighted by atomic mass is 16.4. The molecule has 4 atom stereocenters. The molecule has 0 unspecified atom stereocenters. The van der Waals surface area contributed by atoms with Gasteiger partial charge in [-0.2, -0.15) is 0 Å². The Morgan fingerprint density at radius 2 is 1.58 bits per heavy atom. The first kappa shape index (κ1) is 16.3. The summed E-state index contributed by atoms with van der Waals surface area (Å²) >= 11 is 0. The number of carbonyl (C=O) groups is 3. The van der Waals surface area contributed by atoms with Crippen LogP contribution in [-0.2, 0) is 9.59 Å². The Hall–Kier alpha value is -3.15. The van der Waals surface area contributed by atoms with E-state index in [1.54, 1.807) is 12.1 Å². The molecule has 26 heavy (non-hydrogen) atoms. The summed E-state index contributed by atoms with van der Waals surface area (Å²) < 4.78 is 0. The third-order valence-electron chi connectivity index (χ3n) is 5.38. The molecule has 1 fully saturated rings. The van der Waals surface area contributed by atoms with Crippen molar-refractivity contribution in [2.45, 2.75) is 6.42 Å². The topological polar surface area (TPSA) is 95.5 Å². The number of rotatable bonds is 3. The summed E-state index contributed by atoms with van der Waals surface area (Å²) in [6.07, 6.45) is 4.45. The van der Waals surface area contributed by atoms with Gasteiger partial charge in [-0.25, -0.2) is 0 Å². The maximum atomic E-state index is 12.5. The number of carbonyl (C=O) groups excluding carboxylic acids is 2. The van der Waals surface area contributed by atoms with Gasteiger partial charge in [-0.3, -0.25) is 25.2 Å². The van der Waals surface area contributed by atoms with Crippen LogP contribution in [0, 0.1) is 23.7 Å². The van der Waals surface area contributed by atoms with Crippen molar-refractivity contribution < 1.29 is 19.5 Å². The van der Waals surface area contributed by atoms with Crippen molar-refractivity contribution in [1.29, 1.82) is 0 Å². The fourth-order valence-corrected chi connectivity index (χ4v) is 4.21. The van der Waals surface area contributed by atoms with E-state index in [0.29, 0.717) is 12.0 Å². The van der Waals surface area contributed by atoms with Crippen molar-refractivity contribution in [2.75, 3.05) is 0 Å². The lowest BCUT2D eigenvalue weighted by atomic mass is 9.82. The number of allylic oxidation sites excluding steroid dienone is 2. The zero-order valence-electron chi connectivity index (χ0n) is 13.9. The van der Waals surface area contributed by atoms with E-state index < -0.39 is 29.6 Å². The molecular weight excluding hydrogens is 332 g/mol. The van der Waals surface area contributed by atoms with E-state index in [4.69, 9.17) is 0 Å². The van der Waals surface area contributed by atoms with Crippen molar-refractivity contribution >= 4 is 28.6 Å². The van der Waals surface area contributed by atoms with Crippen LogP contribution < -0.4 is 10.9 Å². The second-order valence-corrected chi connectivity index (χ2v) is 6.81. The molecule has 0 spiro atoms. The number of benzene rings is 2. The van der Waals surface area contributed by atoms with Gasteiger partial charge in [0.15, 0.2) is 0 Å². The zero-order chi connectivity index (χ0) is 18.3. The van der Waals surface area contributed by atoms with Crippen molar-refractivity contribution in [1.82, 2.24) is 10.9 Å². The minimum atomic E-state index is -0.970. The van der Waals surface area contributed by atoms with E-state index >= 15 is 0 Å². The average molecular weight is 350 g/mol. The second kappa shape index (κ2) is 6.29. The molecule has 0 saturated heterocycles. The maximum Gasteiger partial charge on any atom is 0.307 e. The number of aliphatic carboxylic acids is 1. The van der Waals surface area contributed by atoms with Crippen molar-refractivity contribution in [2.24, 2.45) is 23.7 Å². The van der Waals surface area contributed by atoms with E-state index in [2.05, 4.69) is 10.9 Å². The van der Waals surface area contributed by atoms with Crippen LogP contribution in [-0.4, -0.2) is 22.9 Å². The summed E-state index contributed by atoms with van der Waals surface area (Å²) in [5.41, 5.74) is 5.30. The number of amides is 2. The molecular formula is C20H18N2O4. The molecule has 6 heteroatoms. The molecule has 0 aliphatic heterocycles. The Balaban J connectivity index is 1.48. The molecule has 132 valence electrons. The van der Waals surface area contributed by atoms with Crippen LogP contribution in [0.2, 0.25) is 0 Å². The molecule has 2 aliphatic carbocycles. The van der Waals surface area contributed by atoms with Crippen LogP contribution in [0.5, 0.6) is 0 Å². The quantitative estimate of drug-likeness (QED) is 0.584. The largest absolute Gasteiger partial charge is 0.481 e. The number of hydrazine groups is 1. The Morgan fingerprint density at radius 1 is 0.885 bits per heavy atom. The molecule has 2 aromatic carbocycles. The van der Waals surface area contributed by atoms with Crippen LogP contribution in [0.25, 0.3) is 10.8 Å². The molecule has 2 amide bonds. The van der Waals surface area contributed by atoms with Crippen LogP contribution in [0.1, 0.15) is 16.8 Å².